The van der Waals surface area contributed by atoms with Crippen molar-refractivity contribution in [2.75, 3.05) is 39.6 Å². The van der Waals surface area contributed by atoms with Gasteiger partial charge in [0.1, 0.15) is 19.3 Å². The Balaban J connectivity index is 5.27. The summed E-state index contributed by atoms with van der Waals surface area (Å²) in [6.45, 7) is 14.1. The summed E-state index contributed by atoms with van der Waals surface area (Å²) in [6.07, 6.45) is 40.3. The zero-order valence-corrected chi connectivity index (χ0v) is 59.1. The fraction of sp³-hybridized carbons (Fsp3) is 0.942. The molecule has 0 aromatic heterocycles. The monoisotopic (exact) mass is 1300 g/mol. The van der Waals surface area contributed by atoms with Gasteiger partial charge in [0.25, 0.3) is 0 Å². The predicted octanol–water partition coefficient (Wildman–Crippen LogP) is 19.3. The van der Waals surface area contributed by atoms with E-state index in [9.17, 15) is 43.2 Å². The minimum atomic E-state index is -4.95. The van der Waals surface area contributed by atoms with Crippen LogP contribution in [0.2, 0.25) is 0 Å². The van der Waals surface area contributed by atoms with Crippen LogP contribution >= 0.6 is 15.6 Å². The van der Waals surface area contributed by atoms with Crippen LogP contribution in [0.4, 0.5) is 0 Å². The summed E-state index contributed by atoms with van der Waals surface area (Å²) in [6, 6.07) is 0. The lowest BCUT2D eigenvalue weighted by Gasteiger charge is -2.21. The Labute approximate surface area is 537 Å². The van der Waals surface area contributed by atoms with Gasteiger partial charge in [0, 0.05) is 25.7 Å². The molecule has 0 bridgehead atoms. The van der Waals surface area contributed by atoms with Crippen LogP contribution in [0.5, 0.6) is 0 Å². The van der Waals surface area contributed by atoms with Gasteiger partial charge in [0.2, 0.25) is 0 Å². The van der Waals surface area contributed by atoms with E-state index >= 15 is 0 Å². The van der Waals surface area contributed by atoms with E-state index in [1.54, 1.807) is 0 Å². The van der Waals surface area contributed by atoms with Crippen LogP contribution in [0, 0.1) is 23.7 Å². The van der Waals surface area contributed by atoms with E-state index in [0.29, 0.717) is 25.7 Å². The maximum Gasteiger partial charge on any atom is 0.472 e. The molecule has 0 aromatic carbocycles. The average Bonchev–Trinajstić information content (AvgIpc) is 3.27. The molecule has 0 aliphatic rings. The first-order chi connectivity index (χ1) is 42.1. The maximum absolute atomic E-state index is 13.0. The summed E-state index contributed by atoms with van der Waals surface area (Å²) in [5, 5.41) is 10.6. The second-order valence-electron chi connectivity index (χ2n) is 26.6. The minimum absolute atomic E-state index is 0.104. The molecule has 0 saturated heterocycles. The predicted molar refractivity (Wildman–Crippen MR) is 354 cm³/mol. The van der Waals surface area contributed by atoms with Crippen molar-refractivity contribution >= 4 is 39.5 Å². The lowest BCUT2D eigenvalue weighted by Crippen LogP contribution is -2.30. The molecule has 0 aromatic rings. The van der Waals surface area contributed by atoms with Crippen molar-refractivity contribution in [1.82, 2.24) is 0 Å². The van der Waals surface area contributed by atoms with Gasteiger partial charge in [-0.15, -0.1) is 0 Å². The number of hydrogen-bond acceptors (Lipinski definition) is 15. The van der Waals surface area contributed by atoms with E-state index in [2.05, 4.69) is 55.4 Å². The number of ether oxygens (including phenoxy) is 4. The molecule has 522 valence electrons. The van der Waals surface area contributed by atoms with Crippen LogP contribution in [0.3, 0.4) is 0 Å². The zero-order valence-electron chi connectivity index (χ0n) is 57.3. The molecule has 19 heteroatoms. The third-order valence-corrected chi connectivity index (χ3v) is 18.1. The Morgan fingerprint density at radius 1 is 0.318 bits per heavy atom. The second kappa shape index (κ2) is 58.8. The van der Waals surface area contributed by atoms with E-state index in [-0.39, 0.29) is 25.7 Å². The lowest BCUT2D eigenvalue weighted by atomic mass is 9.99. The van der Waals surface area contributed by atoms with E-state index in [1.165, 1.54) is 141 Å². The molecule has 17 nitrogen and oxygen atoms in total. The molecule has 0 heterocycles. The van der Waals surface area contributed by atoms with Crippen LogP contribution in [-0.2, 0) is 65.4 Å². The number of aliphatic hydroxyl groups is 1. The molecule has 0 rings (SSSR count). The first-order valence-corrected chi connectivity index (χ1v) is 38.7. The van der Waals surface area contributed by atoms with E-state index < -0.39 is 97.5 Å². The maximum atomic E-state index is 13.0. The van der Waals surface area contributed by atoms with Crippen LogP contribution in [0.15, 0.2) is 0 Å². The highest BCUT2D eigenvalue weighted by molar-refractivity contribution is 7.47. The molecule has 0 aliphatic heterocycles. The van der Waals surface area contributed by atoms with E-state index in [4.69, 9.17) is 37.0 Å². The Morgan fingerprint density at radius 3 is 0.807 bits per heavy atom. The fourth-order valence-electron chi connectivity index (χ4n) is 10.3. The van der Waals surface area contributed by atoms with Crippen LogP contribution in [0.1, 0.15) is 338 Å². The number of carbonyl (C=O) groups excluding carboxylic acids is 4. The fourth-order valence-corrected chi connectivity index (χ4v) is 11.9. The third kappa shape index (κ3) is 61.6. The molecule has 6 atom stereocenters. The van der Waals surface area contributed by atoms with E-state index in [0.717, 1.165) is 114 Å². The molecular weight excluding hydrogens is 1160 g/mol. The zero-order chi connectivity index (χ0) is 65.4. The van der Waals surface area contributed by atoms with Crippen molar-refractivity contribution in [3.63, 3.8) is 0 Å². The van der Waals surface area contributed by atoms with Crippen molar-refractivity contribution < 1.29 is 80.2 Å². The van der Waals surface area contributed by atoms with Crippen molar-refractivity contribution in [2.24, 2.45) is 23.7 Å². The number of hydrogen-bond donors (Lipinski definition) is 3. The Bertz CT molecular complexity index is 1750. The number of phosphoric acid groups is 2. The minimum Gasteiger partial charge on any atom is -0.462 e. The van der Waals surface area contributed by atoms with Gasteiger partial charge >= 0.3 is 39.5 Å². The van der Waals surface area contributed by atoms with Crippen molar-refractivity contribution in [1.29, 1.82) is 0 Å². The van der Waals surface area contributed by atoms with Crippen molar-refractivity contribution in [2.45, 2.75) is 356 Å². The third-order valence-electron chi connectivity index (χ3n) is 16.2. The van der Waals surface area contributed by atoms with Gasteiger partial charge in [0.05, 0.1) is 26.4 Å². The van der Waals surface area contributed by atoms with Gasteiger partial charge in [-0.3, -0.25) is 37.3 Å². The molecule has 4 unspecified atom stereocenters. The molecule has 0 saturated carbocycles. The highest BCUT2D eigenvalue weighted by Crippen LogP contribution is 2.45. The van der Waals surface area contributed by atoms with Crippen LogP contribution in [0.25, 0.3) is 0 Å². The summed E-state index contributed by atoms with van der Waals surface area (Å²) in [5.41, 5.74) is 0. The van der Waals surface area contributed by atoms with Gasteiger partial charge < -0.3 is 33.8 Å². The standard InChI is InChI=1S/C69H134O17P2/c1-9-62(8)48-40-32-24-18-20-28-36-44-52-69(74)86-65(56-80-67(72)50-42-34-26-19-17-23-31-39-47-61(6)7)58-84-88(77,78)82-54-63(70)53-81-87(75,76)83-57-64(85-68(73)51-43-35-27-16-12-14-22-30-38-46-60(4)5)55-79-66(71)49-41-33-25-15-11-10-13-21-29-37-45-59(2)3/h59-65,70H,9-58H2,1-8H3,(H,75,76)(H,77,78)/t62?,63?,64-,65-/m1/s1. The summed E-state index contributed by atoms with van der Waals surface area (Å²) in [7, 11) is -9.90. The van der Waals surface area contributed by atoms with Crippen LogP contribution < -0.4 is 0 Å². The summed E-state index contributed by atoms with van der Waals surface area (Å²) in [4.78, 5) is 72.5. The molecule has 0 amide bonds. The normalized spacial score (nSPS) is 14.6. The quantitative estimate of drug-likeness (QED) is 0.0222. The second-order valence-corrected chi connectivity index (χ2v) is 29.5. The van der Waals surface area contributed by atoms with Gasteiger partial charge in [0.15, 0.2) is 12.2 Å². The summed E-state index contributed by atoms with van der Waals surface area (Å²) >= 11 is 0. The number of carbonyl (C=O) groups is 4. The Morgan fingerprint density at radius 2 is 0.545 bits per heavy atom. The number of esters is 4. The van der Waals surface area contributed by atoms with Gasteiger partial charge in [-0.05, 0) is 49.4 Å². The highest BCUT2D eigenvalue weighted by atomic mass is 31.2. The smallest absolute Gasteiger partial charge is 0.462 e. The van der Waals surface area contributed by atoms with E-state index in [1.807, 2.05) is 0 Å². The molecule has 0 fully saturated rings. The molecule has 0 spiro atoms. The van der Waals surface area contributed by atoms with Gasteiger partial charge in [-0.2, -0.15) is 0 Å². The molecule has 3 N–H and O–H groups in total. The topological polar surface area (TPSA) is 237 Å². The van der Waals surface area contributed by atoms with Gasteiger partial charge in [-0.1, -0.05) is 287 Å². The molecule has 0 aliphatic carbocycles. The number of phosphoric ester groups is 2. The van der Waals surface area contributed by atoms with Crippen LogP contribution in [-0.4, -0.2) is 96.7 Å². The molecular formula is C69H134O17P2. The average molecular weight is 1300 g/mol. The summed E-state index contributed by atoms with van der Waals surface area (Å²) < 4.78 is 68.2. The van der Waals surface area contributed by atoms with Gasteiger partial charge in [-0.25, -0.2) is 9.13 Å². The number of unbranched alkanes of at least 4 members (excludes halogenated alkanes) is 31. The Hall–Kier alpha value is -1.94. The number of rotatable bonds is 66. The Kier molecular flexibility index (Phi) is 57.6. The first-order valence-electron chi connectivity index (χ1n) is 35.7. The summed E-state index contributed by atoms with van der Waals surface area (Å²) in [5.74, 6) is 0.858. The lowest BCUT2D eigenvalue weighted by molar-refractivity contribution is -0.161. The highest BCUT2D eigenvalue weighted by Gasteiger charge is 2.30. The van der Waals surface area contributed by atoms with Crippen molar-refractivity contribution in [3.8, 4) is 0 Å². The molecule has 0 radical (unpaired) electrons. The first kappa shape index (κ1) is 86.1. The number of aliphatic hydroxyl groups excluding tert-OH is 1. The molecule has 88 heavy (non-hydrogen) atoms. The SMILES string of the molecule is CCC(C)CCCCCCCCCCC(=O)O[C@H](COC(=O)CCCCCCCCCCC(C)C)COP(=O)(O)OCC(O)COP(=O)(O)OC[C@@H](COC(=O)CCCCCCCCCCCCC(C)C)OC(=O)CCCCCCCCCCCC(C)C. The van der Waals surface area contributed by atoms with Crippen molar-refractivity contribution in [3.05, 3.63) is 0 Å². The largest absolute Gasteiger partial charge is 0.472 e.